The highest BCUT2D eigenvalue weighted by Crippen LogP contribution is 2.29. The summed E-state index contributed by atoms with van der Waals surface area (Å²) < 4.78 is 1.50. The lowest BCUT2D eigenvalue weighted by molar-refractivity contribution is 0.127. The van der Waals surface area contributed by atoms with Gasteiger partial charge in [-0.1, -0.05) is 0 Å². The van der Waals surface area contributed by atoms with E-state index in [4.69, 9.17) is 0 Å². The zero-order valence-corrected chi connectivity index (χ0v) is 16.3. The Morgan fingerprint density at radius 3 is 2.79 bits per heavy atom. The molecule has 4 rings (SSSR count). The third kappa shape index (κ3) is 3.87. The fourth-order valence-electron chi connectivity index (χ4n) is 4.32. The Morgan fingerprint density at radius 2 is 2.00 bits per heavy atom. The average Bonchev–Trinajstić information content (AvgIpc) is 3.14. The van der Waals surface area contributed by atoms with Crippen molar-refractivity contribution in [2.75, 3.05) is 23.3 Å². The SMILES string of the molecule is Cc1nccnc1NCC1CCCCN1c1ccc(=O)n(C2CCCC2O)n1. The van der Waals surface area contributed by atoms with Gasteiger partial charge in [0.25, 0.3) is 5.56 Å². The molecule has 2 fully saturated rings. The van der Waals surface area contributed by atoms with Gasteiger partial charge < -0.3 is 15.3 Å². The van der Waals surface area contributed by atoms with Crippen LogP contribution in [-0.4, -0.2) is 50.1 Å². The highest BCUT2D eigenvalue weighted by Gasteiger charge is 2.30. The zero-order valence-electron chi connectivity index (χ0n) is 16.3. The van der Waals surface area contributed by atoms with E-state index in [-0.39, 0.29) is 17.6 Å². The second-order valence-corrected chi connectivity index (χ2v) is 7.75. The second-order valence-electron chi connectivity index (χ2n) is 7.75. The van der Waals surface area contributed by atoms with Crippen LogP contribution in [0.4, 0.5) is 11.6 Å². The summed E-state index contributed by atoms with van der Waals surface area (Å²) in [5, 5.41) is 18.3. The molecule has 3 atom stereocenters. The minimum absolute atomic E-state index is 0.142. The topological polar surface area (TPSA) is 96.2 Å². The van der Waals surface area contributed by atoms with Crippen LogP contribution in [0.25, 0.3) is 0 Å². The van der Waals surface area contributed by atoms with Gasteiger partial charge in [-0.15, -0.1) is 0 Å². The molecule has 0 spiro atoms. The molecule has 3 heterocycles. The summed E-state index contributed by atoms with van der Waals surface area (Å²) in [6.07, 6.45) is 8.69. The number of aliphatic hydroxyl groups excluding tert-OH is 1. The number of nitrogens with zero attached hydrogens (tertiary/aromatic N) is 5. The molecule has 1 saturated heterocycles. The standard InChI is InChI=1S/C20H28N6O2/c1-14-20(22-11-10-21-14)23-13-15-5-2-3-12-25(15)18-8-9-19(28)26(24-18)16-6-4-7-17(16)27/h8-11,15-17,27H,2-7,12-13H2,1H3,(H,22,23). The Kier molecular flexibility index (Phi) is 5.57. The summed E-state index contributed by atoms with van der Waals surface area (Å²) in [6.45, 7) is 3.59. The smallest absolute Gasteiger partial charge is 0.267 e. The molecule has 28 heavy (non-hydrogen) atoms. The number of aryl methyl sites for hydroxylation is 1. The van der Waals surface area contributed by atoms with Crippen molar-refractivity contribution in [1.82, 2.24) is 19.7 Å². The largest absolute Gasteiger partial charge is 0.391 e. The van der Waals surface area contributed by atoms with Crippen LogP contribution >= 0.6 is 0 Å². The van der Waals surface area contributed by atoms with Crippen LogP contribution in [0.3, 0.4) is 0 Å². The Hall–Kier alpha value is -2.48. The number of aromatic nitrogens is 4. The Bertz CT molecular complexity index is 870. The van der Waals surface area contributed by atoms with E-state index in [1.165, 1.54) is 11.1 Å². The van der Waals surface area contributed by atoms with Crippen LogP contribution in [0.2, 0.25) is 0 Å². The van der Waals surface area contributed by atoms with Crippen molar-refractivity contribution in [3.63, 3.8) is 0 Å². The first-order valence-electron chi connectivity index (χ1n) is 10.2. The molecule has 1 aliphatic carbocycles. The van der Waals surface area contributed by atoms with E-state index in [2.05, 4.69) is 25.3 Å². The Balaban J connectivity index is 1.54. The van der Waals surface area contributed by atoms with Gasteiger partial charge in [-0.25, -0.2) is 9.67 Å². The van der Waals surface area contributed by atoms with Crippen molar-refractivity contribution in [2.24, 2.45) is 0 Å². The molecule has 0 radical (unpaired) electrons. The highest BCUT2D eigenvalue weighted by atomic mass is 16.3. The molecule has 2 aromatic heterocycles. The van der Waals surface area contributed by atoms with E-state index in [1.54, 1.807) is 18.5 Å². The molecular weight excluding hydrogens is 356 g/mol. The number of nitrogens with one attached hydrogen (secondary N) is 1. The van der Waals surface area contributed by atoms with E-state index in [0.717, 1.165) is 62.5 Å². The van der Waals surface area contributed by atoms with Crippen LogP contribution in [0, 0.1) is 6.92 Å². The van der Waals surface area contributed by atoms with E-state index < -0.39 is 6.10 Å². The first kappa shape index (κ1) is 18.9. The third-order valence-corrected chi connectivity index (χ3v) is 5.88. The van der Waals surface area contributed by atoms with Crippen molar-refractivity contribution in [2.45, 2.75) is 63.6 Å². The van der Waals surface area contributed by atoms with Crippen molar-refractivity contribution in [3.8, 4) is 0 Å². The number of hydrogen-bond donors (Lipinski definition) is 2. The van der Waals surface area contributed by atoms with Gasteiger partial charge in [0.2, 0.25) is 0 Å². The van der Waals surface area contributed by atoms with Gasteiger partial charge in [-0.2, -0.15) is 5.10 Å². The van der Waals surface area contributed by atoms with Crippen LogP contribution in [0.1, 0.15) is 50.3 Å². The van der Waals surface area contributed by atoms with E-state index in [0.29, 0.717) is 0 Å². The highest BCUT2D eigenvalue weighted by molar-refractivity contribution is 5.42. The summed E-state index contributed by atoms with van der Waals surface area (Å²) in [6, 6.07) is 3.45. The summed E-state index contributed by atoms with van der Waals surface area (Å²) in [7, 11) is 0. The van der Waals surface area contributed by atoms with Crippen LogP contribution in [0.15, 0.2) is 29.3 Å². The monoisotopic (exact) mass is 384 g/mol. The molecule has 8 heteroatoms. The van der Waals surface area contributed by atoms with Gasteiger partial charge in [-0.05, 0) is 51.5 Å². The molecule has 2 N–H and O–H groups in total. The number of aliphatic hydroxyl groups is 1. The lowest BCUT2D eigenvalue weighted by Gasteiger charge is -2.37. The summed E-state index contributed by atoms with van der Waals surface area (Å²) in [4.78, 5) is 23.3. The lowest BCUT2D eigenvalue weighted by atomic mass is 10.0. The molecule has 0 aromatic carbocycles. The average molecular weight is 384 g/mol. The maximum atomic E-state index is 12.4. The van der Waals surface area contributed by atoms with E-state index >= 15 is 0 Å². The predicted molar refractivity (Wildman–Crippen MR) is 108 cm³/mol. The van der Waals surface area contributed by atoms with Crippen molar-refractivity contribution >= 4 is 11.6 Å². The molecule has 1 aliphatic heterocycles. The van der Waals surface area contributed by atoms with Gasteiger partial charge in [0.05, 0.1) is 17.8 Å². The Morgan fingerprint density at radius 1 is 1.14 bits per heavy atom. The van der Waals surface area contributed by atoms with E-state index in [9.17, 15) is 9.90 Å². The molecule has 2 aromatic rings. The third-order valence-electron chi connectivity index (χ3n) is 5.88. The van der Waals surface area contributed by atoms with Gasteiger partial charge >= 0.3 is 0 Å². The first-order valence-corrected chi connectivity index (χ1v) is 10.2. The maximum Gasteiger partial charge on any atom is 0.267 e. The van der Waals surface area contributed by atoms with Crippen LogP contribution in [-0.2, 0) is 0 Å². The van der Waals surface area contributed by atoms with Gasteiger partial charge in [0, 0.05) is 37.6 Å². The summed E-state index contributed by atoms with van der Waals surface area (Å²) >= 11 is 0. The minimum atomic E-state index is -0.487. The summed E-state index contributed by atoms with van der Waals surface area (Å²) in [5.41, 5.74) is 0.739. The summed E-state index contributed by atoms with van der Waals surface area (Å²) in [5.74, 6) is 1.61. The molecule has 3 unspecified atom stereocenters. The van der Waals surface area contributed by atoms with Gasteiger partial charge in [-0.3, -0.25) is 9.78 Å². The quantitative estimate of drug-likeness (QED) is 0.813. The number of rotatable bonds is 5. The second kappa shape index (κ2) is 8.26. The van der Waals surface area contributed by atoms with Crippen LogP contribution in [0.5, 0.6) is 0 Å². The predicted octanol–water partition coefficient (Wildman–Crippen LogP) is 1.90. The van der Waals surface area contributed by atoms with Crippen molar-refractivity contribution in [3.05, 3.63) is 40.6 Å². The molecule has 1 saturated carbocycles. The van der Waals surface area contributed by atoms with Gasteiger partial charge in [0.15, 0.2) is 0 Å². The molecule has 8 nitrogen and oxygen atoms in total. The fraction of sp³-hybridized carbons (Fsp3) is 0.600. The fourth-order valence-corrected chi connectivity index (χ4v) is 4.32. The lowest BCUT2D eigenvalue weighted by Crippen LogP contribution is -2.45. The molecule has 2 aliphatic rings. The number of piperidine rings is 1. The van der Waals surface area contributed by atoms with Crippen LogP contribution < -0.4 is 15.8 Å². The normalized spacial score (nSPS) is 25.1. The van der Waals surface area contributed by atoms with Crippen molar-refractivity contribution < 1.29 is 5.11 Å². The molecule has 150 valence electrons. The molecule has 0 amide bonds. The minimum Gasteiger partial charge on any atom is -0.391 e. The number of hydrogen-bond acceptors (Lipinski definition) is 7. The zero-order chi connectivity index (χ0) is 19.5. The Labute approximate surface area is 164 Å². The number of anilines is 2. The molecule has 0 bridgehead atoms. The van der Waals surface area contributed by atoms with Gasteiger partial charge in [0.1, 0.15) is 11.6 Å². The van der Waals surface area contributed by atoms with Crippen molar-refractivity contribution in [1.29, 1.82) is 0 Å². The maximum absolute atomic E-state index is 12.4. The first-order chi connectivity index (χ1) is 13.6. The molecular formula is C20H28N6O2. The van der Waals surface area contributed by atoms with E-state index in [1.807, 2.05) is 13.0 Å².